The number of para-hydroxylation sites is 1. The SMILES string of the molecule is Cc1ccc(CC(=O)NCCOc2cccc3cccnc23)cc1. The normalized spacial score (nSPS) is 10.5. The van der Waals surface area contributed by atoms with Crippen molar-refractivity contribution in [3.63, 3.8) is 0 Å². The number of hydrogen-bond acceptors (Lipinski definition) is 3. The van der Waals surface area contributed by atoms with Gasteiger partial charge in [-0.1, -0.05) is 48.0 Å². The first-order valence-corrected chi connectivity index (χ1v) is 8.01. The number of carbonyl (C=O) groups is 1. The van der Waals surface area contributed by atoms with Crippen LogP contribution in [0.3, 0.4) is 0 Å². The molecule has 0 aliphatic rings. The van der Waals surface area contributed by atoms with E-state index in [1.54, 1.807) is 6.20 Å². The van der Waals surface area contributed by atoms with Gasteiger partial charge in [0.15, 0.2) is 0 Å². The molecule has 4 nitrogen and oxygen atoms in total. The first-order valence-electron chi connectivity index (χ1n) is 8.01. The Morgan fingerprint density at radius 3 is 2.71 bits per heavy atom. The molecule has 122 valence electrons. The molecular formula is C20H20N2O2. The van der Waals surface area contributed by atoms with Crippen LogP contribution < -0.4 is 10.1 Å². The minimum absolute atomic E-state index is 0.00139. The Bertz CT molecular complexity index is 823. The van der Waals surface area contributed by atoms with Crippen LogP contribution in [-0.2, 0) is 11.2 Å². The van der Waals surface area contributed by atoms with Crippen LogP contribution in [0, 0.1) is 6.92 Å². The van der Waals surface area contributed by atoms with Crippen LogP contribution in [0.15, 0.2) is 60.8 Å². The summed E-state index contributed by atoms with van der Waals surface area (Å²) in [6.07, 6.45) is 2.13. The molecule has 24 heavy (non-hydrogen) atoms. The zero-order chi connectivity index (χ0) is 16.8. The fourth-order valence-electron chi connectivity index (χ4n) is 2.50. The molecule has 2 aromatic carbocycles. The second-order valence-electron chi connectivity index (χ2n) is 5.69. The fourth-order valence-corrected chi connectivity index (χ4v) is 2.50. The summed E-state index contributed by atoms with van der Waals surface area (Å²) in [6, 6.07) is 17.7. The lowest BCUT2D eigenvalue weighted by Gasteiger charge is -2.09. The van der Waals surface area contributed by atoms with Crippen LogP contribution in [0.1, 0.15) is 11.1 Å². The summed E-state index contributed by atoms with van der Waals surface area (Å²) in [4.78, 5) is 16.3. The molecule has 0 radical (unpaired) electrons. The monoisotopic (exact) mass is 320 g/mol. The number of aromatic nitrogens is 1. The lowest BCUT2D eigenvalue weighted by molar-refractivity contribution is -0.120. The number of benzene rings is 2. The lowest BCUT2D eigenvalue weighted by atomic mass is 10.1. The summed E-state index contributed by atoms with van der Waals surface area (Å²) in [5.41, 5.74) is 3.04. The van der Waals surface area contributed by atoms with E-state index in [1.807, 2.05) is 61.5 Å². The summed E-state index contributed by atoms with van der Waals surface area (Å²) in [5, 5.41) is 3.92. The van der Waals surface area contributed by atoms with E-state index in [0.29, 0.717) is 19.6 Å². The van der Waals surface area contributed by atoms with E-state index in [9.17, 15) is 4.79 Å². The van der Waals surface area contributed by atoms with Gasteiger partial charge in [-0.25, -0.2) is 0 Å². The molecule has 1 N–H and O–H groups in total. The first kappa shape index (κ1) is 16.0. The summed E-state index contributed by atoms with van der Waals surface area (Å²) >= 11 is 0. The van der Waals surface area contributed by atoms with Crippen molar-refractivity contribution < 1.29 is 9.53 Å². The molecule has 0 aliphatic heterocycles. The topological polar surface area (TPSA) is 51.2 Å². The van der Waals surface area contributed by atoms with Crippen LogP contribution in [-0.4, -0.2) is 24.0 Å². The summed E-state index contributed by atoms with van der Waals surface area (Å²) < 4.78 is 5.76. The van der Waals surface area contributed by atoms with Gasteiger partial charge in [0.25, 0.3) is 0 Å². The Balaban J connectivity index is 1.48. The number of hydrogen-bond donors (Lipinski definition) is 1. The van der Waals surface area contributed by atoms with E-state index < -0.39 is 0 Å². The third kappa shape index (κ3) is 4.10. The molecule has 3 aromatic rings. The van der Waals surface area contributed by atoms with Crippen molar-refractivity contribution in [2.24, 2.45) is 0 Å². The largest absolute Gasteiger partial charge is 0.489 e. The first-order chi connectivity index (χ1) is 11.7. The highest BCUT2D eigenvalue weighted by molar-refractivity contribution is 5.84. The van der Waals surface area contributed by atoms with Gasteiger partial charge in [-0.3, -0.25) is 9.78 Å². The molecule has 0 saturated heterocycles. The van der Waals surface area contributed by atoms with Crippen molar-refractivity contribution in [1.29, 1.82) is 0 Å². The molecule has 0 fully saturated rings. The van der Waals surface area contributed by atoms with Gasteiger partial charge in [0, 0.05) is 11.6 Å². The van der Waals surface area contributed by atoms with E-state index in [1.165, 1.54) is 5.56 Å². The van der Waals surface area contributed by atoms with Gasteiger partial charge >= 0.3 is 0 Å². The van der Waals surface area contributed by atoms with Crippen molar-refractivity contribution in [3.8, 4) is 5.75 Å². The van der Waals surface area contributed by atoms with E-state index in [0.717, 1.165) is 22.2 Å². The molecule has 0 saturated carbocycles. The maximum absolute atomic E-state index is 11.9. The van der Waals surface area contributed by atoms with Crippen molar-refractivity contribution in [2.45, 2.75) is 13.3 Å². The Hall–Kier alpha value is -2.88. The number of ether oxygens (including phenoxy) is 1. The molecule has 1 amide bonds. The smallest absolute Gasteiger partial charge is 0.224 e. The number of nitrogens with zero attached hydrogens (tertiary/aromatic N) is 1. The van der Waals surface area contributed by atoms with Crippen molar-refractivity contribution in [1.82, 2.24) is 10.3 Å². The average Bonchev–Trinajstić information content (AvgIpc) is 2.61. The van der Waals surface area contributed by atoms with Gasteiger partial charge in [0.05, 0.1) is 13.0 Å². The average molecular weight is 320 g/mol. The minimum Gasteiger partial charge on any atom is -0.489 e. The van der Waals surface area contributed by atoms with Crippen molar-refractivity contribution in [2.75, 3.05) is 13.2 Å². The molecule has 3 rings (SSSR count). The molecule has 1 heterocycles. The number of carbonyl (C=O) groups excluding carboxylic acids is 1. The second kappa shape index (κ2) is 7.59. The van der Waals surface area contributed by atoms with E-state index in [4.69, 9.17) is 4.74 Å². The number of rotatable bonds is 6. The molecular weight excluding hydrogens is 300 g/mol. The number of pyridine rings is 1. The molecule has 0 atom stereocenters. The van der Waals surface area contributed by atoms with Crippen LogP contribution in [0.2, 0.25) is 0 Å². The quantitative estimate of drug-likeness (QED) is 0.709. The van der Waals surface area contributed by atoms with E-state index >= 15 is 0 Å². The Morgan fingerprint density at radius 2 is 1.88 bits per heavy atom. The zero-order valence-corrected chi connectivity index (χ0v) is 13.7. The van der Waals surface area contributed by atoms with Gasteiger partial charge in [0.1, 0.15) is 17.9 Å². The Morgan fingerprint density at radius 1 is 1.08 bits per heavy atom. The van der Waals surface area contributed by atoms with Gasteiger partial charge in [0.2, 0.25) is 5.91 Å². The highest BCUT2D eigenvalue weighted by atomic mass is 16.5. The fraction of sp³-hybridized carbons (Fsp3) is 0.200. The lowest BCUT2D eigenvalue weighted by Crippen LogP contribution is -2.29. The summed E-state index contributed by atoms with van der Waals surface area (Å²) in [7, 11) is 0. The van der Waals surface area contributed by atoms with Crippen LogP contribution in [0.4, 0.5) is 0 Å². The summed E-state index contributed by atoms with van der Waals surface area (Å²) in [5.74, 6) is 0.736. The Kier molecular flexibility index (Phi) is 5.06. The van der Waals surface area contributed by atoms with E-state index in [2.05, 4.69) is 10.3 Å². The number of fused-ring (bicyclic) bond motifs is 1. The predicted molar refractivity (Wildman–Crippen MR) is 95.1 cm³/mol. The van der Waals surface area contributed by atoms with Gasteiger partial charge in [-0.15, -0.1) is 0 Å². The molecule has 0 spiro atoms. The predicted octanol–water partition coefficient (Wildman–Crippen LogP) is 3.28. The maximum atomic E-state index is 11.9. The van der Waals surface area contributed by atoms with Crippen LogP contribution in [0.25, 0.3) is 10.9 Å². The number of amides is 1. The Labute approximate surface area is 141 Å². The van der Waals surface area contributed by atoms with E-state index in [-0.39, 0.29) is 5.91 Å². The summed E-state index contributed by atoms with van der Waals surface area (Å²) in [6.45, 7) is 2.91. The minimum atomic E-state index is -0.00139. The number of nitrogens with one attached hydrogen (secondary N) is 1. The highest BCUT2D eigenvalue weighted by Crippen LogP contribution is 2.22. The second-order valence-corrected chi connectivity index (χ2v) is 5.69. The van der Waals surface area contributed by atoms with Crippen molar-refractivity contribution in [3.05, 3.63) is 71.9 Å². The molecule has 1 aromatic heterocycles. The molecule has 0 unspecified atom stereocenters. The molecule has 0 aliphatic carbocycles. The van der Waals surface area contributed by atoms with Gasteiger partial charge in [-0.2, -0.15) is 0 Å². The van der Waals surface area contributed by atoms with Crippen molar-refractivity contribution >= 4 is 16.8 Å². The van der Waals surface area contributed by atoms with Gasteiger partial charge < -0.3 is 10.1 Å². The maximum Gasteiger partial charge on any atom is 0.224 e. The van der Waals surface area contributed by atoms with Gasteiger partial charge in [-0.05, 0) is 24.6 Å². The highest BCUT2D eigenvalue weighted by Gasteiger charge is 2.05. The number of aryl methyl sites for hydroxylation is 1. The third-order valence-electron chi connectivity index (χ3n) is 3.76. The zero-order valence-electron chi connectivity index (χ0n) is 13.7. The van der Waals surface area contributed by atoms with Crippen LogP contribution >= 0.6 is 0 Å². The molecule has 0 bridgehead atoms. The van der Waals surface area contributed by atoms with Crippen LogP contribution in [0.5, 0.6) is 5.75 Å². The standard InChI is InChI=1S/C20H20N2O2/c1-15-7-9-16(10-8-15)14-19(23)21-12-13-24-18-6-2-4-17-5-3-11-22-20(17)18/h2-11H,12-14H2,1H3,(H,21,23). The molecule has 4 heteroatoms. The third-order valence-corrected chi connectivity index (χ3v) is 3.76.